The van der Waals surface area contributed by atoms with Crippen molar-refractivity contribution in [3.63, 3.8) is 0 Å². The minimum Gasteiger partial charge on any atom is -0.491 e. The summed E-state index contributed by atoms with van der Waals surface area (Å²) in [7, 11) is 0. The van der Waals surface area contributed by atoms with E-state index in [9.17, 15) is 0 Å². The van der Waals surface area contributed by atoms with Gasteiger partial charge in [-0.15, -0.1) is 0 Å². The van der Waals surface area contributed by atoms with Crippen LogP contribution in [-0.4, -0.2) is 26.4 Å². The number of benzene rings is 2. The zero-order valence-electron chi connectivity index (χ0n) is 15.1. The first-order valence-electron chi connectivity index (χ1n) is 8.88. The lowest BCUT2D eigenvalue weighted by Crippen LogP contribution is -2.26. The van der Waals surface area contributed by atoms with E-state index in [-0.39, 0.29) is 0 Å². The van der Waals surface area contributed by atoms with E-state index < -0.39 is 0 Å². The predicted molar refractivity (Wildman–Crippen MR) is 101 cm³/mol. The molecule has 0 aliphatic rings. The molecule has 0 spiro atoms. The smallest absolute Gasteiger partial charge is 0.119 e. The summed E-state index contributed by atoms with van der Waals surface area (Å²) in [6, 6.07) is 19.3. The van der Waals surface area contributed by atoms with Crippen LogP contribution in [0.1, 0.15) is 38.8 Å². The van der Waals surface area contributed by atoms with E-state index in [2.05, 4.69) is 68.1 Å². The zero-order chi connectivity index (χ0) is 17.2. The van der Waals surface area contributed by atoms with E-state index in [4.69, 9.17) is 9.47 Å². The number of ether oxygens (including phenoxy) is 2. The first kappa shape index (κ1) is 18.3. The topological polar surface area (TPSA) is 21.7 Å². The van der Waals surface area contributed by atoms with Crippen LogP contribution in [0.25, 0.3) is 0 Å². The van der Waals surface area contributed by atoms with Crippen LogP contribution in [0.2, 0.25) is 0 Å². The van der Waals surface area contributed by atoms with Crippen LogP contribution in [0.3, 0.4) is 0 Å². The first-order valence-corrected chi connectivity index (χ1v) is 8.88. The Hall–Kier alpha value is -2.00. The lowest BCUT2D eigenvalue weighted by atomic mass is 10.1. The summed E-state index contributed by atoms with van der Waals surface area (Å²) in [5.74, 6) is 0.891. The zero-order valence-corrected chi connectivity index (χ0v) is 15.1. The first-order chi connectivity index (χ1) is 11.8. The monoisotopic (exact) mass is 327 g/mol. The molecular weight excluding hydrogens is 298 g/mol. The van der Waals surface area contributed by atoms with Gasteiger partial charge < -0.3 is 14.4 Å². The van der Waals surface area contributed by atoms with Crippen molar-refractivity contribution >= 4 is 5.69 Å². The fraction of sp³-hybridized carbons (Fsp3) is 0.429. The van der Waals surface area contributed by atoms with Gasteiger partial charge in [-0.25, -0.2) is 0 Å². The third kappa shape index (κ3) is 5.27. The summed E-state index contributed by atoms with van der Waals surface area (Å²) in [6.07, 6.45) is 1.04. The van der Waals surface area contributed by atoms with Gasteiger partial charge in [0.1, 0.15) is 12.4 Å². The average molecular weight is 327 g/mol. The van der Waals surface area contributed by atoms with Gasteiger partial charge in [-0.2, -0.15) is 0 Å². The normalized spacial score (nSPS) is 12.0. The molecule has 2 aromatic carbocycles. The van der Waals surface area contributed by atoms with Crippen molar-refractivity contribution in [1.29, 1.82) is 0 Å². The molecule has 0 heterocycles. The van der Waals surface area contributed by atoms with Crippen molar-refractivity contribution in [3.8, 4) is 5.75 Å². The van der Waals surface area contributed by atoms with E-state index in [0.717, 1.165) is 25.3 Å². The number of rotatable bonds is 10. The Bertz CT molecular complexity index is 568. The minimum atomic E-state index is 0.338. The second-order valence-electron chi connectivity index (χ2n) is 5.83. The molecule has 1 atom stereocenters. The van der Waals surface area contributed by atoms with Gasteiger partial charge in [-0.05, 0) is 50.1 Å². The van der Waals surface area contributed by atoms with Gasteiger partial charge in [-0.3, -0.25) is 0 Å². The molecule has 130 valence electrons. The third-order valence-corrected chi connectivity index (χ3v) is 4.10. The fourth-order valence-corrected chi connectivity index (χ4v) is 2.79. The highest BCUT2D eigenvalue weighted by Crippen LogP contribution is 2.28. The number of anilines is 1. The lowest BCUT2D eigenvalue weighted by molar-refractivity contribution is 0.101. The Labute approximate surface area is 146 Å². The summed E-state index contributed by atoms with van der Waals surface area (Å²) in [5.41, 5.74) is 2.54. The van der Waals surface area contributed by atoms with Crippen LogP contribution >= 0.6 is 0 Å². The molecule has 0 bridgehead atoms. The molecule has 0 N–H and O–H groups in total. The quantitative estimate of drug-likeness (QED) is 0.568. The summed E-state index contributed by atoms with van der Waals surface area (Å²) < 4.78 is 11.2. The molecule has 0 aliphatic heterocycles. The van der Waals surface area contributed by atoms with Crippen LogP contribution in [0, 0.1) is 0 Å². The third-order valence-electron chi connectivity index (χ3n) is 4.10. The highest BCUT2D eigenvalue weighted by molar-refractivity contribution is 5.51. The van der Waals surface area contributed by atoms with Crippen molar-refractivity contribution in [1.82, 2.24) is 0 Å². The van der Waals surface area contributed by atoms with Gasteiger partial charge in [0.15, 0.2) is 0 Å². The molecule has 2 rings (SSSR count). The number of nitrogens with zero attached hydrogens (tertiary/aromatic N) is 1. The van der Waals surface area contributed by atoms with Crippen molar-refractivity contribution in [2.75, 3.05) is 31.3 Å². The Balaban J connectivity index is 1.95. The molecule has 3 heteroatoms. The Morgan fingerprint density at radius 3 is 2.21 bits per heavy atom. The number of hydrogen-bond donors (Lipinski definition) is 0. The average Bonchev–Trinajstić information content (AvgIpc) is 2.64. The minimum absolute atomic E-state index is 0.338. The summed E-state index contributed by atoms with van der Waals surface area (Å²) in [6.45, 7) is 9.53. The van der Waals surface area contributed by atoms with Gasteiger partial charge in [-0.1, -0.05) is 37.3 Å². The predicted octanol–water partition coefficient (Wildman–Crippen LogP) is 5.08. The van der Waals surface area contributed by atoms with E-state index >= 15 is 0 Å². The Kier molecular flexibility index (Phi) is 7.63. The summed E-state index contributed by atoms with van der Waals surface area (Å²) in [4.78, 5) is 2.39. The van der Waals surface area contributed by atoms with Gasteiger partial charge in [0.2, 0.25) is 0 Å². The maximum atomic E-state index is 5.72. The summed E-state index contributed by atoms with van der Waals surface area (Å²) in [5, 5.41) is 0. The molecule has 1 unspecified atom stereocenters. The molecule has 24 heavy (non-hydrogen) atoms. The molecule has 0 aromatic heterocycles. The van der Waals surface area contributed by atoms with E-state index in [1.54, 1.807) is 0 Å². The van der Waals surface area contributed by atoms with Gasteiger partial charge >= 0.3 is 0 Å². The SMILES string of the molecule is CCCOCCOc1ccc(N(CC)C(C)c2ccccc2)cc1. The molecule has 0 fully saturated rings. The molecule has 0 saturated heterocycles. The molecule has 0 amide bonds. The Morgan fingerprint density at radius 1 is 0.875 bits per heavy atom. The summed E-state index contributed by atoms with van der Waals surface area (Å²) >= 11 is 0. The van der Waals surface area contributed by atoms with Gasteiger partial charge in [0.05, 0.1) is 12.6 Å². The largest absolute Gasteiger partial charge is 0.491 e. The number of hydrogen-bond acceptors (Lipinski definition) is 3. The lowest BCUT2D eigenvalue weighted by Gasteiger charge is -2.30. The molecule has 2 aromatic rings. The second kappa shape index (κ2) is 9.99. The molecule has 0 aliphatic carbocycles. The van der Waals surface area contributed by atoms with Crippen molar-refractivity contribution < 1.29 is 9.47 Å². The standard InChI is InChI=1S/C21H29NO2/c1-4-15-23-16-17-24-21-13-11-20(12-14-21)22(5-2)18(3)19-9-7-6-8-10-19/h6-14,18H,4-5,15-17H2,1-3H3. The van der Waals surface area contributed by atoms with Crippen LogP contribution in [-0.2, 0) is 4.74 Å². The highest BCUT2D eigenvalue weighted by Gasteiger charge is 2.14. The van der Waals surface area contributed by atoms with E-state index in [0.29, 0.717) is 19.3 Å². The van der Waals surface area contributed by atoms with Gasteiger partial charge in [0.25, 0.3) is 0 Å². The molecule has 0 saturated carbocycles. The van der Waals surface area contributed by atoms with Crippen molar-refractivity contribution in [2.45, 2.75) is 33.2 Å². The fourth-order valence-electron chi connectivity index (χ4n) is 2.79. The van der Waals surface area contributed by atoms with Crippen LogP contribution in [0.5, 0.6) is 5.75 Å². The maximum Gasteiger partial charge on any atom is 0.119 e. The van der Waals surface area contributed by atoms with Crippen molar-refractivity contribution in [2.24, 2.45) is 0 Å². The molecule has 0 radical (unpaired) electrons. The van der Waals surface area contributed by atoms with Crippen LogP contribution in [0.15, 0.2) is 54.6 Å². The molecule has 3 nitrogen and oxygen atoms in total. The van der Waals surface area contributed by atoms with Gasteiger partial charge in [0, 0.05) is 18.8 Å². The Morgan fingerprint density at radius 2 is 1.58 bits per heavy atom. The van der Waals surface area contributed by atoms with E-state index in [1.165, 1.54) is 11.3 Å². The second-order valence-corrected chi connectivity index (χ2v) is 5.83. The van der Waals surface area contributed by atoms with Crippen LogP contribution < -0.4 is 9.64 Å². The van der Waals surface area contributed by atoms with Crippen molar-refractivity contribution in [3.05, 3.63) is 60.2 Å². The van der Waals surface area contributed by atoms with E-state index in [1.807, 2.05) is 12.1 Å². The maximum absolute atomic E-state index is 5.72. The molecular formula is C21H29NO2. The van der Waals surface area contributed by atoms with Crippen LogP contribution in [0.4, 0.5) is 5.69 Å². The highest BCUT2D eigenvalue weighted by atomic mass is 16.5.